The molecule has 142 valence electrons. The van der Waals surface area contributed by atoms with Gasteiger partial charge in [-0.1, -0.05) is 29.3 Å². The third-order valence-electron chi connectivity index (χ3n) is 5.07. The van der Waals surface area contributed by atoms with Gasteiger partial charge < -0.3 is 15.1 Å². The minimum atomic E-state index is -0.458. The number of nitrogens with one attached hydrogen (secondary N) is 1. The van der Waals surface area contributed by atoms with Gasteiger partial charge in [-0.25, -0.2) is 4.68 Å². The second kappa shape index (κ2) is 7.14. The summed E-state index contributed by atoms with van der Waals surface area (Å²) in [5.41, 5.74) is 2.16. The lowest BCUT2D eigenvalue weighted by molar-refractivity contribution is -0.129. The Bertz CT molecular complexity index is 916. The van der Waals surface area contributed by atoms with Crippen molar-refractivity contribution in [3.05, 3.63) is 51.4 Å². The van der Waals surface area contributed by atoms with Crippen LogP contribution in [0.3, 0.4) is 0 Å². The van der Waals surface area contributed by atoms with Crippen molar-refractivity contribution in [1.82, 2.24) is 24.6 Å². The standard InChI is InChI=1S/C18H20Cl2N6O/c1-11-15(17(27)25-7-5-24(2)6-8-25)16(26-18(23-11)21-10-22-26)13-4-3-12(19)9-14(13)20/h3-4,9-10,16H,5-8H2,1-2H3,(H,21,22,23)/t16-/m1/s1. The molecule has 0 radical (unpaired) electrons. The smallest absolute Gasteiger partial charge is 0.254 e. The summed E-state index contributed by atoms with van der Waals surface area (Å²) < 4.78 is 1.70. The van der Waals surface area contributed by atoms with Crippen molar-refractivity contribution in [3.8, 4) is 0 Å². The number of benzene rings is 1. The van der Waals surface area contributed by atoms with E-state index in [1.807, 2.05) is 17.9 Å². The van der Waals surface area contributed by atoms with Crippen LogP contribution in [0.5, 0.6) is 0 Å². The summed E-state index contributed by atoms with van der Waals surface area (Å²) in [6, 6.07) is 4.84. The van der Waals surface area contributed by atoms with Crippen LogP contribution in [0.25, 0.3) is 0 Å². The summed E-state index contributed by atoms with van der Waals surface area (Å²) in [4.78, 5) is 21.8. The van der Waals surface area contributed by atoms with E-state index in [1.165, 1.54) is 6.33 Å². The molecule has 7 nitrogen and oxygen atoms in total. The molecule has 0 unspecified atom stereocenters. The Labute approximate surface area is 167 Å². The third-order valence-corrected chi connectivity index (χ3v) is 5.63. The van der Waals surface area contributed by atoms with Gasteiger partial charge in [-0.15, -0.1) is 0 Å². The van der Waals surface area contributed by atoms with E-state index in [9.17, 15) is 4.79 Å². The van der Waals surface area contributed by atoms with E-state index in [2.05, 4.69) is 27.3 Å². The number of anilines is 1. The van der Waals surface area contributed by atoms with Crippen molar-refractivity contribution in [2.45, 2.75) is 13.0 Å². The fourth-order valence-electron chi connectivity index (χ4n) is 3.56. The number of rotatable bonds is 2. The molecule has 2 aliphatic heterocycles. The first kappa shape index (κ1) is 18.3. The molecule has 1 atom stereocenters. The van der Waals surface area contributed by atoms with Crippen LogP contribution in [0.1, 0.15) is 18.5 Å². The van der Waals surface area contributed by atoms with Crippen LogP contribution in [0, 0.1) is 0 Å². The Morgan fingerprint density at radius 3 is 2.67 bits per heavy atom. The van der Waals surface area contributed by atoms with Crippen molar-refractivity contribution in [2.24, 2.45) is 0 Å². The highest BCUT2D eigenvalue weighted by Gasteiger charge is 2.37. The van der Waals surface area contributed by atoms with Crippen LogP contribution in [0.2, 0.25) is 10.0 Å². The summed E-state index contributed by atoms with van der Waals surface area (Å²) in [6.07, 6.45) is 1.47. The molecule has 3 heterocycles. The number of fused-ring (bicyclic) bond motifs is 1. The molecule has 1 aromatic carbocycles. The number of halogens is 2. The number of likely N-dealkylation sites (N-methyl/N-ethyl adjacent to an activating group) is 1. The maximum Gasteiger partial charge on any atom is 0.254 e. The summed E-state index contributed by atoms with van der Waals surface area (Å²) >= 11 is 12.6. The Balaban J connectivity index is 1.79. The lowest BCUT2D eigenvalue weighted by Crippen LogP contribution is -2.49. The van der Waals surface area contributed by atoms with Gasteiger partial charge in [0.25, 0.3) is 5.91 Å². The van der Waals surface area contributed by atoms with Gasteiger partial charge >= 0.3 is 0 Å². The average molecular weight is 407 g/mol. The van der Waals surface area contributed by atoms with E-state index in [-0.39, 0.29) is 5.91 Å². The average Bonchev–Trinajstić information content (AvgIpc) is 3.09. The van der Waals surface area contributed by atoms with Crippen LogP contribution < -0.4 is 5.32 Å². The minimum Gasteiger partial charge on any atom is -0.336 e. The number of carbonyl (C=O) groups excluding carboxylic acids is 1. The quantitative estimate of drug-likeness (QED) is 0.829. The molecular weight excluding hydrogens is 387 g/mol. The summed E-state index contributed by atoms with van der Waals surface area (Å²) in [7, 11) is 2.06. The lowest BCUT2D eigenvalue weighted by atomic mass is 9.94. The maximum atomic E-state index is 13.4. The fraction of sp³-hybridized carbons (Fsp3) is 0.389. The molecule has 1 saturated heterocycles. The third kappa shape index (κ3) is 3.31. The van der Waals surface area contributed by atoms with Gasteiger partial charge in [-0.2, -0.15) is 10.1 Å². The Morgan fingerprint density at radius 2 is 1.96 bits per heavy atom. The van der Waals surface area contributed by atoms with Gasteiger partial charge in [0.15, 0.2) is 0 Å². The molecule has 1 amide bonds. The second-order valence-electron chi connectivity index (χ2n) is 6.86. The van der Waals surface area contributed by atoms with Crippen LogP contribution in [0.4, 0.5) is 5.95 Å². The molecule has 2 aliphatic rings. The molecule has 4 rings (SSSR count). The van der Waals surface area contributed by atoms with E-state index < -0.39 is 6.04 Å². The molecule has 1 aromatic heterocycles. The minimum absolute atomic E-state index is 0.00901. The Hall–Kier alpha value is -2.09. The molecule has 0 aliphatic carbocycles. The van der Waals surface area contributed by atoms with Crippen LogP contribution >= 0.6 is 23.2 Å². The van der Waals surface area contributed by atoms with Crippen molar-refractivity contribution < 1.29 is 4.79 Å². The number of nitrogens with zero attached hydrogens (tertiary/aromatic N) is 5. The molecule has 1 N–H and O–H groups in total. The van der Waals surface area contributed by atoms with E-state index in [1.54, 1.807) is 16.8 Å². The molecule has 2 aromatic rings. The zero-order chi connectivity index (χ0) is 19.1. The molecule has 0 bridgehead atoms. The Morgan fingerprint density at radius 1 is 1.22 bits per heavy atom. The van der Waals surface area contributed by atoms with Crippen molar-refractivity contribution in [3.63, 3.8) is 0 Å². The molecule has 27 heavy (non-hydrogen) atoms. The monoisotopic (exact) mass is 406 g/mol. The van der Waals surface area contributed by atoms with Gasteiger partial charge in [0, 0.05) is 47.5 Å². The number of carbonyl (C=O) groups is 1. The summed E-state index contributed by atoms with van der Waals surface area (Å²) in [5, 5.41) is 8.57. The topological polar surface area (TPSA) is 66.3 Å². The van der Waals surface area contributed by atoms with Gasteiger partial charge in [-0.05, 0) is 26.1 Å². The van der Waals surface area contributed by atoms with Crippen molar-refractivity contribution in [2.75, 3.05) is 38.5 Å². The first-order valence-corrected chi connectivity index (χ1v) is 9.51. The van der Waals surface area contributed by atoms with Crippen LogP contribution in [-0.2, 0) is 4.79 Å². The van der Waals surface area contributed by atoms with Gasteiger partial charge in [-0.3, -0.25) is 4.79 Å². The number of allylic oxidation sites excluding steroid dienone is 1. The largest absolute Gasteiger partial charge is 0.336 e. The normalized spacial score (nSPS) is 20.4. The zero-order valence-electron chi connectivity index (χ0n) is 15.1. The van der Waals surface area contributed by atoms with Gasteiger partial charge in [0.1, 0.15) is 12.4 Å². The fourth-order valence-corrected chi connectivity index (χ4v) is 4.07. The van der Waals surface area contributed by atoms with E-state index >= 15 is 0 Å². The maximum absolute atomic E-state index is 13.4. The number of hydrogen-bond acceptors (Lipinski definition) is 5. The predicted octanol–water partition coefficient (Wildman–Crippen LogP) is 2.65. The predicted molar refractivity (Wildman–Crippen MR) is 105 cm³/mol. The second-order valence-corrected chi connectivity index (χ2v) is 7.70. The van der Waals surface area contributed by atoms with Crippen molar-refractivity contribution >= 4 is 35.1 Å². The number of hydrogen-bond donors (Lipinski definition) is 1. The number of piperazine rings is 1. The zero-order valence-corrected chi connectivity index (χ0v) is 16.6. The van der Waals surface area contributed by atoms with Crippen LogP contribution in [0.15, 0.2) is 35.8 Å². The summed E-state index contributed by atoms with van der Waals surface area (Å²) in [6.45, 7) is 4.98. The lowest BCUT2D eigenvalue weighted by Gasteiger charge is -2.36. The van der Waals surface area contributed by atoms with Crippen molar-refractivity contribution in [1.29, 1.82) is 0 Å². The highest BCUT2D eigenvalue weighted by atomic mass is 35.5. The highest BCUT2D eigenvalue weighted by Crippen LogP contribution is 2.39. The first-order valence-electron chi connectivity index (χ1n) is 8.76. The SMILES string of the molecule is CC1=C(C(=O)N2CCN(C)CC2)[C@@H](c2ccc(Cl)cc2Cl)n2ncnc2N1. The van der Waals surface area contributed by atoms with Crippen LogP contribution in [-0.4, -0.2) is 63.7 Å². The summed E-state index contributed by atoms with van der Waals surface area (Å²) in [5.74, 6) is 0.573. The highest BCUT2D eigenvalue weighted by molar-refractivity contribution is 6.35. The molecular formula is C18H20Cl2N6O. The molecule has 1 fully saturated rings. The van der Waals surface area contributed by atoms with Gasteiger partial charge in [0.05, 0.1) is 5.57 Å². The Kier molecular flexibility index (Phi) is 4.84. The first-order chi connectivity index (χ1) is 13.0. The molecule has 0 spiro atoms. The number of amides is 1. The molecule has 9 heteroatoms. The van der Waals surface area contributed by atoms with E-state index in [0.717, 1.165) is 24.4 Å². The molecule has 0 saturated carbocycles. The van der Waals surface area contributed by atoms with Gasteiger partial charge in [0.2, 0.25) is 5.95 Å². The van der Waals surface area contributed by atoms with E-state index in [4.69, 9.17) is 23.2 Å². The van der Waals surface area contributed by atoms with E-state index in [0.29, 0.717) is 34.7 Å². The number of aromatic nitrogens is 3.